The number of rotatable bonds is 5. The Labute approximate surface area is 177 Å². The summed E-state index contributed by atoms with van der Waals surface area (Å²) in [6.45, 7) is -0.625. The number of nitrogens with one attached hydrogen (secondary N) is 3. The number of anilines is 1. The highest BCUT2D eigenvalue weighted by Gasteiger charge is 2.30. The number of alkyl halides is 3. The molecule has 2 aromatic carbocycles. The predicted molar refractivity (Wildman–Crippen MR) is 107 cm³/mol. The second-order valence-corrected chi connectivity index (χ2v) is 6.71. The van der Waals surface area contributed by atoms with Crippen LogP contribution in [0.25, 0.3) is 22.4 Å². The minimum atomic E-state index is -4.52. The molecule has 0 saturated carbocycles. The van der Waals surface area contributed by atoms with Crippen LogP contribution < -0.4 is 11.0 Å². The maximum absolute atomic E-state index is 12.9. The molecule has 3 N–H and O–H groups in total. The van der Waals surface area contributed by atoms with Crippen LogP contribution in [0.3, 0.4) is 0 Å². The van der Waals surface area contributed by atoms with Gasteiger partial charge in [0.1, 0.15) is 5.76 Å². The number of aromatic amines is 2. The summed E-state index contributed by atoms with van der Waals surface area (Å²) in [7, 11) is 0. The van der Waals surface area contributed by atoms with Crippen molar-refractivity contribution in [2.45, 2.75) is 6.18 Å². The monoisotopic (exact) mass is 445 g/mol. The summed E-state index contributed by atoms with van der Waals surface area (Å²) in [5.41, 5.74) is 0.319. The second-order valence-electron chi connectivity index (χ2n) is 6.71. The molecule has 0 fully saturated rings. The Morgan fingerprint density at radius 1 is 1.00 bits per heavy atom. The average Bonchev–Trinajstić information content (AvgIpc) is 3.37. The van der Waals surface area contributed by atoms with E-state index in [1.165, 1.54) is 30.3 Å². The molecule has 0 aliphatic heterocycles. The first-order chi connectivity index (χ1) is 15.2. The summed E-state index contributed by atoms with van der Waals surface area (Å²) in [6, 6.07) is 11.7. The van der Waals surface area contributed by atoms with Crippen molar-refractivity contribution in [2.24, 2.45) is 0 Å². The Balaban J connectivity index is 1.37. The lowest BCUT2D eigenvalue weighted by atomic mass is 10.1. The first-order valence-electron chi connectivity index (χ1n) is 9.15. The molecule has 1 amide bonds. The van der Waals surface area contributed by atoms with E-state index in [9.17, 15) is 27.6 Å². The van der Waals surface area contributed by atoms with E-state index < -0.39 is 30.2 Å². The molecule has 0 saturated heterocycles. The fourth-order valence-electron chi connectivity index (χ4n) is 2.96. The number of H-pyrrole nitrogens is 2. The third-order valence-electron chi connectivity index (χ3n) is 4.42. The molecule has 11 heteroatoms. The molecule has 4 rings (SSSR count). The van der Waals surface area contributed by atoms with E-state index >= 15 is 0 Å². The minimum Gasteiger partial charge on any atom is -0.450 e. The Hall–Kier alpha value is -4.28. The summed E-state index contributed by atoms with van der Waals surface area (Å²) in [5.74, 6) is -1.82. The molecule has 0 radical (unpaired) electrons. The van der Waals surface area contributed by atoms with Crippen molar-refractivity contribution in [3.05, 3.63) is 76.4 Å². The van der Waals surface area contributed by atoms with Crippen molar-refractivity contribution in [3.8, 4) is 11.3 Å². The number of ether oxygens (including phenoxy) is 1. The van der Waals surface area contributed by atoms with Gasteiger partial charge >= 0.3 is 17.8 Å². The average molecular weight is 445 g/mol. The van der Waals surface area contributed by atoms with Gasteiger partial charge in [0.2, 0.25) is 5.76 Å². The van der Waals surface area contributed by atoms with Gasteiger partial charge in [0, 0.05) is 11.3 Å². The van der Waals surface area contributed by atoms with Gasteiger partial charge in [-0.2, -0.15) is 13.2 Å². The number of amides is 1. The van der Waals surface area contributed by atoms with E-state index in [0.717, 1.165) is 12.1 Å². The van der Waals surface area contributed by atoms with E-state index in [4.69, 9.17) is 9.15 Å². The van der Waals surface area contributed by atoms with Crippen molar-refractivity contribution in [2.75, 3.05) is 11.9 Å². The molecule has 8 nitrogen and oxygen atoms in total. The standard InChI is InChI=1S/C21H14F3N3O5/c22-21(23,24)12-3-1-2-11(8-12)16-6-7-17(32-16)19(29)31-10-18(28)25-13-4-5-14-15(9-13)27-20(30)26-14/h1-9H,10H2,(H,25,28)(H2,26,27,30). The van der Waals surface area contributed by atoms with E-state index in [0.29, 0.717) is 16.7 Å². The molecule has 4 aromatic rings. The molecular formula is C21H14F3N3O5. The minimum absolute atomic E-state index is 0.0429. The molecule has 2 heterocycles. The highest BCUT2D eigenvalue weighted by molar-refractivity contribution is 5.96. The third-order valence-corrected chi connectivity index (χ3v) is 4.42. The van der Waals surface area contributed by atoms with Crippen LogP contribution in [0, 0.1) is 0 Å². The lowest BCUT2D eigenvalue weighted by Crippen LogP contribution is -2.20. The maximum atomic E-state index is 12.9. The Morgan fingerprint density at radius 2 is 1.78 bits per heavy atom. The highest BCUT2D eigenvalue weighted by Crippen LogP contribution is 2.32. The molecule has 0 aliphatic rings. The van der Waals surface area contributed by atoms with Crippen LogP contribution in [0.15, 0.2) is 63.8 Å². The molecule has 0 atom stereocenters. The number of carbonyl (C=O) groups is 2. The van der Waals surface area contributed by atoms with Crippen LogP contribution in [0.2, 0.25) is 0 Å². The Morgan fingerprint density at radius 3 is 2.56 bits per heavy atom. The van der Waals surface area contributed by atoms with Gasteiger partial charge in [-0.1, -0.05) is 12.1 Å². The van der Waals surface area contributed by atoms with Crippen molar-refractivity contribution in [3.63, 3.8) is 0 Å². The number of halogens is 3. The molecular weight excluding hydrogens is 431 g/mol. The number of imidazole rings is 1. The largest absolute Gasteiger partial charge is 0.450 e. The van der Waals surface area contributed by atoms with Crippen LogP contribution in [-0.2, 0) is 15.7 Å². The Bertz CT molecular complexity index is 1370. The van der Waals surface area contributed by atoms with Crippen molar-refractivity contribution < 1.29 is 31.9 Å². The number of hydrogen-bond acceptors (Lipinski definition) is 5. The smallest absolute Gasteiger partial charge is 0.416 e. The Kier molecular flexibility index (Phi) is 5.31. The summed E-state index contributed by atoms with van der Waals surface area (Å²) in [6.07, 6.45) is -4.52. The van der Waals surface area contributed by atoms with Gasteiger partial charge in [0.05, 0.1) is 16.6 Å². The van der Waals surface area contributed by atoms with Crippen LogP contribution >= 0.6 is 0 Å². The molecule has 0 aliphatic carbocycles. The lowest BCUT2D eigenvalue weighted by molar-refractivity contribution is -0.137. The quantitative estimate of drug-likeness (QED) is 0.403. The number of furan rings is 1. The van der Waals surface area contributed by atoms with Gasteiger partial charge in [-0.05, 0) is 42.5 Å². The third kappa shape index (κ3) is 4.56. The zero-order valence-electron chi connectivity index (χ0n) is 16.1. The van der Waals surface area contributed by atoms with Gasteiger partial charge < -0.3 is 24.4 Å². The van der Waals surface area contributed by atoms with Gasteiger partial charge in [0.25, 0.3) is 5.91 Å². The number of benzene rings is 2. The topological polar surface area (TPSA) is 117 Å². The molecule has 0 spiro atoms. The van der Waals surface area contributed by atoms with E-state index in [-0.39, 0.29) is 22.8 Å². The number of carbonyl (C=O) groups excluding carboxylic acids is 2. The summed E-state index contributed by atoms with van der Waals surface area (Å²) in [5, 5.41) is 2.51. The number of fused-ring (bicyclic) bond motifs is 1. The van der Waals surface area contributed by atoms with Gasteiger partial charge in [-0.3, -0.25) is 4.79 Å². The summed E-state index contributed by atoms with van der Waals surface area (Å²) < 4.78 is 48.8. The van der Waals surface area contributed by atoms with Crippen molar-refractivity contribution >= 4 is 28.6 Å². The summed E-state index contributed by atoms with van der Waals surface area (Å²) >= 11 is 0. The zero-order chi connectivity index (χ0) is 22.9. The number of esters is 1. The van der Waals surface area contributed by atoms with Crippen molar-refractivity contribution in [1.29, 1.82) is 0 Å². The van der Waals surface area contributed by atoms with Crippen LogP contribution in [0.5, 0.6) is 0 Å². The molecule has 164 valence electrons. The van der Waals surface area contributed by atoms with Crippen LogP contribution in [-0.4, -0.2) is 28.5 Å². The summed E-state index contributed by atoms with van der Waals surface area (Å²) in [4.78, 5) is 40.6. The fourth-order valence-corrected chi connectivity index (χ4v) is 2.96. The van der Waals surface area contributed by atoms with E-state index in [1.54, 1.807) is 12.1 Å². The van der Waals surface area contributed by atoms with E-state index in [1.807, 2.05) is 0 Å². The van der Waals surface area contributed by atoms with Crippen LogP contribution in [0.4, 0.5) is 18.9 Å². The first kappa shape index (κ1) is 21.0. The molecule has 32 heavy (non-hydrogen) atoms. The van der Waals surface area contributed by atoms with Crippen molar-refractivity contribution in [1.82, 2.24) is 9.97 Å². The molecule has 0 unspecified atom stereocenters. The van der Waals surface area contributed by atoms with E-state index in [2.05, 4.69) is 15.3 Å². The SMILES string of the molecule is O=C(COC(=O)c1ccc(-c2cccc(C(F)(F)F)c2)o1)Nc1ccc2[nH]c(=O)[nH]c2c1. The van der Waals surface area contributed by atoms with Crippen LogP contribution in [0.1, 0.15) is 16.1 Å². The predicted octanol–water partition coefficient (Wildman–Crippen LogP) is 3.93. The fraction of sp³-hybridized carbons (Fsp3) is 0.0952. The number of hydrogen-bond donors (Lipinski definition) is 3. The molecule has 0 bridgehead atoms. The van der Waals surface area contributed by atoms with Gasteiger partial charge in [-0.15, -0.1) is 0 Å². The lowest BCUT2D eigenvalue weighted by Gasteiger charge is -2.07. The van der Waals surface area contributed by atoms with Gasteiger partial charge in [-0.25, -0.2) is 9.59 Å². The first-order valence-corrected chi connectivity index (χ1v) is 9.15. The van der Waals surface area contributed by atoms with Gasteiger partial charge in [0.15, 0.2) is 6.61 Å². The molecule has 2 aromatic heterocycles. The zero-order valence-corrected chi connectivity index (χ0v) is 16.1. The normalized spacial score (nSPS) is 11.5. The second kappa shape index (κ2) is 8.10. The number of aromatic nitrogens is 2. The maximum Gasteiger partial charge on any atom is 0.416 e. The highest BCUT2D eigenvalue weighted by atomic mass is 19.4.